The Labute approximate surface area is 185 Å². The highest BCUT2D eigenvalue weighted by molar-refractivity contribution is 6.39. The summed E-state index contributed by atoms with van der Waals surface area (Å²) in [5.41, 5.74) is 5.84. The second-order valence-corrected chi connectivity index (χ2v) is 8.79. The first kappa shape index (κ1) is 20.9. The fourth-order valence-electron chi connectivity index (χ4n) is 4.33. The number of hydrogen-bond acceptors (Lipinski definition) is 4. The number of Topliss-reactive ketones (excluding diaryl/α,β-unsaturated/α-hetero) is 1. The number of nitrogens with zero attached hydrogens (tertiary/aromatic N) is 2. The monoisotopic (exact) mass is 444 g/mol. The number of benzene rings is 1. The summed E-state index contributed by atoms with van der Waals surface area (Å²) in [6, 6.07) is 1.78. The zero-order chi connectivity index (χ0) is 21.7. The summed E-state index contributed by atoms with van der Waals surface area (Å²) in [5.74, 6) is 0.470. The van der Waals surface area contributed by atoms with E-state index in [0.717, 1.165) is 22.3 Å². The number of halogens is 2. The van der Waals surface area contributed by atoms with Gasteiger partial charge in [0.15, 0.2) is 5.78 Å². The fourth-order valence-corrected chi connectivity index (χ4v) is 4.97. The molecular formula is C23H22Cl2N2O3. The molecule has 4 rings (SSSR count). The van der Waals surface area contributed by atoms with Crippen molar-refractivity contribution in [3.8, 4) is 11.1 Å². The van der Waals surface area contributed by atoms with Gasteiger partial charge in [-0.05, 0) is 51.3 Å². The lowest BCUT2D eigenvalue weighted by molar-refractivity contribution is -0.115. The van der Waals surface area contributed by atoms with Gasteiger partial charge in [0.1, 0.15) is 5.76 Å². The van der Waals surface area contributed by atoms with Crippen molar-refractivity contribution in [1.82, 2.24) is 10.1 Å². The van der Waals surface area contributed by atoms with E-state index in [2.05, 4.69) is 5.16 Å². The SMILES string of the molecule is CC1=CC(C)=C(CN2CCc3c(Cl)cc(-c4c(C)noc4C)c(Cl)c3C2=O)C(=O)C1. The lowest BCUT2D eigenvalue weighted by atomic mass is 9.90. The summed E-state index contributed by atoms with van der Waals surface area (Å²) in [7, 11) is 0. The summed E-state index contributed by atoms with van der Waals surface area (Å²) >= 11 is 13.3. The minimum absolute atomic E-state index is 0.0692. The van der Waals surface area contributed by atoms with Gasteiger partial charge >= 0.3 is 0 Å². The van der Waals surface area contributed by atoms with Gasteiger partial charge in [0, 0.05) is 41.2 Å². The van der Waals surface area contributed by atoms with Crippen molar-refractivity contribution >= 4 is 34.9 Å². The van der Waals surface area contributed by atoms with E-state index >= 15 is 0 Å². The van der Waals surface area contributed by atoms with Crippen LogP contribution in [0.1, 0.15) is 47.6 Å². The highest BCUT2D eigenvalue weighted by atomic mass is 35.5. The molecule has 7 heteroatoms. The van der Waals surface area contributed by atoms with Crippen molar-refractivity contribution in [2.24, 2.45) is 0 Å². The van der Waals surface area contributed by atoms with Gasteiger partial charge in [-0.2, -0.15) is 0 Å². The normalized spacial score (nSPS) is 16.9. The van der Waals surface area contributed by atoms with E-state index in [1.807, 2.05) is 26.8 Å². The largest absolute Gasteiger partial charge is 0.361 e. The van der Waals surface area contributed by atoms with Crippen LogP contribution in [0.15, 0.2) is 33.4 Å². The smallest absolute Gasteiger partial charge is 0.256 e. The van der Waals surface area contributed by atoms with Crippen LogP contribution < -0.4 is 0 Å². The van der Waals surface area contributed by atoms with Crippen LogP contribution >= 0.6 is 23.2 Å². The molecule has 5 nitrogen and oxygen atoms in total. The summed E-state index contributed by atoms with van der Waals surface area (Å²) in [6.07, 6.45) is 2.99. The van der Waals surface area contributed by atoms with Gasteiger partial charge in [0.05, 0.1) is 16.3 Å². The van der Waals surface area contributed by atoms with Gasteiger partial charge in [-0.3, -0.25) is 9.59 Å². The third kappa shape index (κ3) is 3.40. The predicted molar refractivity (Wildman–Crippen MR) is 117 cm³/mol. The summed E-state index contributed by atoms with van der Waals surface area (Å²) in [4.78, 5) is 27.7. The maximum Gasteiger partial charge on any atom is 0.256 e. The first-order chi connectivity index (χ1) is 14.2. The molecule has 0 spiro atoms. The number of ketones is 1. The van der Waals surface area contributed by atoms with E-state index in [-0.39, 0.29) is 18.2 Å². The van der Waals surface area contributed by atoms with Crippen LogP contribution in [0.2, 0.25) is 10.0 Å². The average molecular weight is 445 g/mol. The molecule has 1 aliphatic carbocycles. The van der Waals surface area contributed by atoms with E-state index in [1.54, 1.807) is 17.9 Å². The molecule has 2 aromatic rings. The van der Waals surface area contributed by atoms with E-state index in [1.165, 1.54) is 0 Å². The zero-order valence-electron chi connectivity index (χ0n) is 17.4. The Kier molecular flexibility index (Phi) is 5.37. The van der Waals surface area contributed by atoms with Gasteiger partial charge in [-0.1, -0.05) is 40.0 Å². The number of rotatable bonds is 3. The highest BCUT2D eigenvalue weighted by Crippen LogP contribution is 2.41. The fraction of sp³-hybridized carbons (Fsp3) is 0.348. The van der Waals surface area contributed by atoms with Crippen LogP contribution in [0.3, 0.4) is 0 Å². The Balaban J connectivity index is 1.76. The Morgan fingerprint density at radius 3 is 2.50 bits per heavy atom. The molecule has 0 fully saturated rings. The van der Waals surface area contributed by atoms with Gasteiger partial charge in [0.2, 0.25) is 0 Å². The second kappa shape index (κ2) is 7.71. The quantitative estimate of drug-likeness (QED) is 0.626. The van der Waals surface area contributed by atoms with Crippen LogP contribution in [0, 0.1) is 13.8 Å². The highest BCUT2D eigenvalue weighted by Gasteiger charge is 2.33. The topological polar surface area (TPSA) is 63.4 Å². The van der Waals surface area contributed by atoms with Crippen LogP contribution in [0.4, 0.5) is 0 Å². The summed E-state index contributed by atoms with van der Waals surface area (Å²) in [6.45, 7) is 8.24. The molecule has 1 amide bonds. The van der Waals surface area contributed by atoms with Gasteiger partial charge in [-0.25, -0.2) is 0 Å². The van der Waals surface area contributed by atoms with Crippen LogP contribution in [-0.2, 0) is 11.2 Å². The Morgan fingerprint density at radius 2 is 1.87 bits per heavy atom. The van der Waals surface area contributed by atoms with Crippen molar-refractivity contribution in [2.45, 2.75) is 40.5 Å². The molecule has 0 saturated carbocycles. The molecule has 30 heavy (non-hydrogen) atoms. The maximum atomic E-state index is 13.4. The lowest BCUT2D eigenvalue weighted by Gasteiger charge is -2.32. The summed E-state index contributed by atoms with van der Waals surface area (Å²) < 4.78 is 5.27. The second-order valence-electron chi connectivity index (χ2n) is 8.00. The maximum absolute atomic E-state index is 13.4. The first-order valence-electron chi connectivity index (χ1n) is 9.82. The molecule has 1 aromatic heterocycles. The molecule has 1 aromatic carbocycles. The molecule has 156 valence electrons. The molecule has 1 aliphatic heterocycles. The molecule has 2 heterocycles. The Hall–Kier alpha value is -2.37. The predicted octanol–water partition coefficient (Wildman–Crippen LogP) is 5.50. The summed E-state index contributed by atoms with van der Waals surface area (Å²) in [5, 5.41) is 4.83. The number of aryl methyl sites for hydroxylation is 2. The van der Waals surface area contributed by atoms with Crippen LogP contribution in [0.5, 0.6) is 0 Å². The third-order valence-corrected chi connectivity index (χ3v) is 6.55. The molecular weight excluding hydrogens is 423 g/mol. The Bertz CT molecular complexity index is 1140. The van der Waals surface area contributed by atoms with Crippen molar-refractivity contribution < 1.29 is 14.1 Å². The van der Waals surface area contributed by atoms with Crippen molar-refractivity contribution in [1.29, 1.82) is 0 Å². The van der Waals surface area contributed by atoms with E-state index < -0.39 is 0 Å². The molecule has 0 atom stereocenters. The lowest BCUT2D eigenvalue weighted by Crippen LogP contribution is -2.40. The zero-order valence-corrected chi connectivity index (χ0v) is 18.9. The number of fused-ring (bicyclic) bond motifs is 1. The van der Waals surface area contributed by atoms with Gasteiger partial charge in [-0.15, -0.1) is 0 Å². The Morgan fingerprint density at radius 1 is 1.13 bits per heavy atom. The number of aromatic nitrogens is 1. The number of amides is 1. The number of hydrogen-bond donors (Lipinski definition) is 0. The molecule has 0 N–H and O–H groups in total. The van der Waals surface area contributed by atoms with E-state index in [4.69, 9.17) is 27.7 Å². The molecule has 0 bridgehead atoms. The standard InChI is InChI=1S/C23H22Cl2N2O3/c1-11-7-12(2)17(19(28)8-11)10-27-6-5-15-18(24)9-16(22(25)21(15)23(27)29)20-13(3)26-30-14(20)4/h7,9H,5-6,8,10H2,1-4H3. The first-order valence-corrected chi connectivity index (χ1v) is 10.6. The minimum atomic E-state index is -0.212. The number of carbonyl (C=O) groups is 2. The molecule has 0 radical (unpaired) electrons. The van der Waals surface area contributed by atoms with E-state index in [0.29, 0.717) is 57.6 Å². The number of allylic oxidation sites excluding steroid dienone is 3. The van der Waals surface area contributed by atoms with Gasteiger partial charge in [0.25, 0.3) is 5.91 Å². The van der Waals surface area contributed by atoms with Crippen LogP contribution in [-0.4, -0.2) is 34.8 Å². The number of carbonyl (C=O) groups excluding carboxylic acids is 2. The molecule has 0 unspecified atom stereocenters. The average Bonchev–Trinajstić information content (AvgIpc) is 3.00. The molecule has 0 saturated heterocycles. The molecule has 2 aliphatic rings. The van der Waals surface area contributed by atoms with Crippen molar-refractivity contribution in [3.63, 3.8) is 0 Å². The third-order valence-electron chi connectivity index (χ3n) is 5.82. The van der Waals surface area contributed by atoms with Gasteiger partial charge < -0.3 is 9.42 Å². The van der Waals surface area contributed by atoms with Crippen molar-refractivity contribution in [2.75, 3.05) is 13.1 Å². The van der Waals surface area contributed by atoms with E-state index in [9.17, 15) is 9.59 Å². The van der Waals surface area contributed by atoms with Crippen LogP contribution in [0.25, 0.3) is 11.1 Å². The van der Waals surface area contributed by atoms with Crippen molar-refractivity contribution in [3.05, 3.63) is 61.5 Å². The minimum Gasteiger partial charge on any atom is -0.361 e.